The van der Waals surface area contributed by atoms with E-state index >= 15 is 0 Å². The summed E-state index contributed by atoms with van der Waals surface area (Å²) >= 11 is 0. The standard InChI is InChI=1S/C21H23N3O3/c1-15-6-3-4-9-18(15)21-23-20(27-24-21)11-10-19(25)22-13-12-16-7-5-8-17(14-16)26-2/h3-9,14H,10-13H2,1-2H3,(H,22,25). The number of methoxy groups -OCH3 is 1. The van der Waals surface area contributed by atoms with Crippen molar-refractivity contribution in [2.24, 2.45) is 0 Å². The first-order valence-corrected chi connectivity index (χ1v) is 8.94. The zero-order valence-electron chi connectivity index (χ0n) is 15.6. The van der Waals surface area contributed by atoms with Gasteiger partial charge in [-0.15, -0.1) is 0 Å². The molecule has 2 aromatic carbocycles. The Labute approximate surface area is 158 Å². The van der Waals surface area contributed by atoms with Crippen LogP contribution in [0, 0.1) is 6.92 Å². The van der Waals surface area contributed by atoms with Crippen molar-refractivity contribution in [3.8, 4) is 17.1 Å². The van der Waals surface area contributed by atoms with Crippen LogP contribution in [-0.2, 0) is 17.6 Å². The summed E-state index contributed by atoms with van der Waals surface area (Å²) < 4.78 is 10.5. The molecule has 0 spiro atoms. The van der Waals surface area contributed by atoms with E-state index in [1.807, 2.05) is 55.5 Å². The van der Waals surface area contributed by atoms with Gasteiger partial charge in [-0.25, -0.2) is 0 Å². The number of hydrogen-bond donors (Lipinski definition) is 1. The average Bonchev–Trinajstić information content (AvgIpc) is 3.16. The summed E-state index contributed by atoms with van der Waals surface area (Å²) in [6, 6.07) is 15.7. The number of rotatable bonds is 8. The third-order valence-corrected chi connectivity index (χ3v) is 4.29. The second-order valence-corrected chi connectivity index (χ2v) is 6.28. The lowest BCUT2D eigenvalue weighted by Gasteiger charge is -2.06. The first-order valence-electron chi connectivity index (χ1n) is 8.94. The Morgan fingerprint density at radius 3 is 2.81 bits per heavy atom. The molecule has 140 valence electrons. The van der Waals surface area contributed by atoms with E-state index in [4.69, 9.17) is 9.26 Å². The third kappa shape index (κ3) is 5.17. The molecule has 6 nitrogen and oxygen atoms in total. The number of aromatic nitrogens is 2. The molecule has 1 N–H and O–H groups in total. The second kappa shape index (κ2) is 8.98. The molecule has 0 aliphatic heterocycles. The minimum atomic E-state index is -0.0338. The Kier molecular flexibility index (Phi) is 6.20. The molecule has 1 aromatic heterocycles. The Balaban J connectivity index is 1.45. The van der Waals surface area contributed by atoms with Gasteiger partial charge in [-0.2, -0.15) is 4.98 Å². The van der Waals surface area contributed by atoms with Gasteiger partial charge in [0, 0.05) is 24.9 Å². The van der Waals surface area contributed by atoms with E-state index in [0.717, 1.165) is 28.9 Å². The Morgan fingerprint density at radius 2 is 2.00 bits per heavy atom. The minimum Gasteiger partial charge on any atom is -0.497 e. The molecule has 27 heavy (non-hydrogen) atoms. The van der Waals surface area contributed by atoms with Crippen LogP contribution in [0.1, 0.15) is 23.4 Å². The van der Waals surface area contributed by atoms with Gasteiger partial charge in [0.25, 0.3) is 0 Å². The van der Waals surface area contributed by atoms with Crippen LogP contribution < -0.4 is 10.1 Å². The maximum Gasteiger partial charge on any atom is 0.227 e. The number of aryl methyl sites for hydroxylation is 2. The first kappa shape index (κ1) is 18.6. The number of nitrogens with zero attached hydrogens (tertiary/aromatic N) is 2. The molecule has 0 unspecified atom stereocenters. The fourth-order valence-electron chi connectivity index (χ4n) is 2.77. The molecule has 0 bridgehead atoms. The van der Waals surface area contributed by atoms with Crippen molar-refractivity contribution in [1.29, 1.82) is 0 Å². The van der Waals surface area contributed by atoms with Crippen molar-refractivity contribution < 1.29 is 14.1 Å². The van der Waals surface area contributed by atoms with Crippen LogP contribution in [0.3, 0.4) is 0 Å². The molecular weight excluding hydrogens is 342 g/mol. The van der Waals surface area contributed by atoms with Crippen molar-refractivity contribution in [2.45, 2.75) is 26.2 Å². The molecule has 3 rings (SSSR count). The number of nitrogens with one attached hydrogen (secondary N) is 1. The number of carbonyl (C=O) groups excluding carboxylic acids is 1. The highest BCUT2D eigenvalue weighted by atomic mass is 16.5. The predicted molar refractivity (Wildman–Crippen MR) is 102 cm³/mol. The van der Waals surface area contributed by atoms with Gasteiger partial charge in [0.1, 0.15) is 5.75 Å². The quantitative estimate of drug-likeness (QED) is 0.662. The molecule has 3 aromatic rings. The normalized spacial score (nSPS) is 10.6. The number of carbonyl (C=O) groups is 1. The summed E-state index contributed by atoms with van der Waals surface area (Å²) in [5, 5.41) is 6.93. The fraction of sp³-hybridized carbons (Fsp3) is 0.286. The van der Waals surface area contributed by atoms with E-state index in [1.54, 1.807) is 7.11 Å². The molecule has 0 saturated heterocycles. The predicted octanol–water partition coefficient (Wildman–Crippen LogP) is 3.35. The topological polar surface area (TPSA) is 77.2 Å². The number of hydrogen-bond acceptors (Lipinski definition) is 5. The van der Waals surface area contributed by atoms with Gasteiger partial charge in [-0.1, -0.05) is 41.6 Å². The zero-order chi connectivity index (χ0) is 19.1. The summed E-state index contributed by atoms with van der Waals surface area (Å²) in [5.74, 6) is 1.81. The van der Waals surface area contributed by atoms with Crippen LogP contribution in [0.5, 0.6) is 5.75 Å². The minimum absolute atomic E-state index is 0.0338. The largest absolute Gasteiger partial charge is 0.497 e. The summed E-state index contributed by atoms with van der Waals surface area (Å²) in [7, 11) is 1.64. The summed E-state index contributed by atoms with van der Waals surface area (Å²) in [5.41, 5.74) is 3.14. The summed E-state index contributed by atoms with van der Waals surface area (Å²) in [4.78, 5) is 16.4. The van der Waals surface area contributed by atoms with Gasteiger partial charge in [0.05, 0.1) is 7.11 Å². The van der Waals surface area contributed by atoms with Crippen molar-refractivity contribution >= 4 is 5.91 Å². The van der Waals surface area contributed by atoms with Crippen LogP contribution >= 0.6 is 0 Å². The maximum atomic E-state index is 12.0. The summed E-state index contributed by atoms with van der Waals surface area (Å²) in [6.07, 6.45) is 1.48. The van der Waals surface area contributed by atoms with Gasteiger partial charge in [0.2, 0.25) is 17.6 Å². The second-order valence-electron chi connectivity index (χ2n) is 6.28. The van der Waals surface area contributed by atoms with Crippen molar-refractivity contribution in [3.63, 3.8) is 0 Å². The van der Waals surface area contributed by atoms with Crippen LogP contribution in [0.15, 0.2) is 53.1 Å². The molecule has 1 heterocycles. The van der Waals surface area contributed by atoms with Crippen LogP contribution in [-0.4, -0.2) is 29.7 Å². The number of ether oxygens (including phenoxy) is 1. The van der Waals surface area contributed by atoms with E-state index in [2.05, 4.69) is 15.5 Å². The maximum absolute atomic E-state index is 12.0. The van der Waals surface area contributed by atoms with E-state index in [1.165, 1.54) is 0 Å². The molecule has 0 radical (unpaired) electrons. The molecule has 6 heteroatoms. The zero-order valence-corrected chi connectivity index (χ0v) is 15.6. The SMILES string of the molecule is COc1cccc(CCNC(=O)CCc2nc(-c3ccccc3C)no2)c1. The lowest BCUT2D eigenvalue weighted by molar-refractivity contribution is -0.121. The Bertz CT molecular complexity index is 905. The summed E-state index contributed by atoms with van der Waals surface area (Å²) in [6.45, 7) is 2.57. The van der Waals surface area contributed by atoms with Crippen molar-refractivity contribution in [2.75, 3.05) is 13.7 Å². The Morgan fingerprint density at radius 1 is 1.15 bits per heavy atom. The lowest BCUT2D eigenvalue weighted by Crippen LogP contribution is -2.25. The van der Waals surface area contributed by atoms with Crippen molar-refractivity contribution in [3.05, 3.63) is 65.5 Å². The highest BCUT2D eigenvalue weighted by Crippen LogP contribution is 2.20. The first-order chi connectivity index (χ1) is 13.2. The lowest BCUT2D eigenvalue weighted by atomic mass is 10.1. The van der Waals surface area contributed by atoms with Gasteiger partial charge < -0.3 is 14.6 Å². The average molecular weight is 365 g/mol. The number of amides is 1. The molecule has 0 aliphatic carbocycles. The van der Waals surface area contributed by atoms with E-state index < -0.39 is 0 Å². The Hall–Kier alpha value is -3.15. The number of benzene rings is 2. The third-order valence-electron chi connectivity index (χ3n) is 4.29. The van der Waals surface area contributed by atoms with Crippen molar-refractivity contribution in [1.82, 2.24) is 15.5 Å². The van der Waals surface area contributed by atoms with E-state index in [-0.39, 0.29) is 5.91 Å². The molecule has 0 aliphatic rings. The molecule has 0 saturated carbocycles. The fourth-order valence-corrected chi connectivity index (χ4v) is 2.77. The molecule has 0 fully saturated rings. The van der Waals surface area contributed by atoms with Gasteiger partial charge >= 0.3 is 0 Å². The van der Waals surface area contributed by atoms with Gasteiger partial charge in [-0.3, -0.25) is 4.79 Å². The monoisotopic (exact) mass is 365 g/mol. The van der Waals surface area contributed by atoms with Crippen LogP contribution in [0.4, 0.5) is 0 Å². The van der Waals surface area contributed by atoms with Crippen LogP contribution in [0.2, 0.25) is 0 Å². The van der Waals surface area contributed by atoms with E-state index in [0.29, 0.717) is 31.1 Å². The highest BCUT2D eigenvalue weighted by Gasteiger charge is 2.12. The van der Waals surface area contributed by atoms with Gasteiger partial charge in [-0.05, 0) is 36.6 Å². The van der Waals surface area contributed by atoms with Gasteiger partial charge in [0.15, 0.2) is 0 Å². The van der Waals surface area contributed by atoms with E-state index in [9.17, 15) is 4.79 Å². The smallest absolute Gasteiger partial charge is 0.227 e. The molecular formula is C21H23N3O3. The molecule has 0 atom stereocenters. The highest BCUT2D eigenvalue weighted by molar-refractivity contribution is 5.76. The van der Waals surface area contributed by atoms with Crippen LogP contribution in [0.25, 0.3) is 11.4 Å². The molecule has 1 amide bonds.